The number of nitrogens with zero attached hydrogens (tertiary/aromatic N) is 4. The molecule has 17 nitrogen and oxygen atoms in total. The van der Waals surface area contributed by atoms with Crippen LogP contribution in [-0.4, -0.2) is 143 Å². The molecule has 0 aliphatic carbocycles. The Balaban J connectivity index is 0.00000148. The van der Waals surface area contributed by atoms with Crippen molar-refractivity contribution < 1.29 is 75.1 Å². The van der Waals surface area contributed by atoms with E-state index >= 15 is 0 Å². The summed E-state index contributed by atoms with van der Waals surface area (Å²) in [5.41, 5.74) is 6.49. The lowest BCUT2D eigenvalue weighted by molar-refractivity contribution is -0.192. The van der Waals surface area contributed by atoms with Crippen LogP contribution in [-0.2, 0) is 49.5 Å². The van der Waals surface area contributed by atoms with Gasteiger partial charge in [0.1, 0.15) is 24.1 Å². The Morgan fingerprint density at radius 1 is 0.892 bits per heavy atom. The van der Waals surface area contributed by atoms with E-state index in [1.807, 2.05) is 51.1 Å². The van der Waals surface area contributed by atoms with Crippen molar-refractivity contribution in [2.75, 3.05) is 65.9 Å². The van der Waals surface area contributed by atoms with Crippen molar-refractivity contribution in [3.8, 4) is 11.3 Å². The number of imidazole rings is 1. The normalized spacial score (nSPS) is 13.6. The number of ketones is 1. The molecule has 1 aliphatic rings. The highest BCUT2D eigenvalue weighted by molar-refractivity contribution is 6.12. The zero-order valence-electron chi connectivity index (χ0n) is 36.0. The maximum Gasteiger partial charge on any atom is 0.490 e. The minimum Gasteiger partial charge on any atom is -0.475 e. The number of aromatic nitrogens is 2. The van der Waals surface area contributed by atoms with Gasteiger partial charge in [0.05, 0.1) is 70.5 Å². The Labute approximate surface area is 371 Å². The second kappa shape index (κ2) is 25.5. The number of hydrogen-bond acceptors (Lipinski definition) is 12. The lowest BCUT2D eigenvalue weighted by atomic mass is 9.84. The van der Waals surface area contributed by atoms with E-state index in [1.165, 1.54) is 17.1 Å². The number of nitrogens with one attached hydrogen (secondary N) is 1. The number of rotatable bonds is 24. The zero-order valence-corrected chi connectivity index (χ0v) is 36.0. The molecule has 2 aromatic carbocycles. The van der Waals surface area contributed by atoms with Crippen molar-refractivity contribution in [2.45, 2.75) is 58.4 Å². The molecular formula is C43H53F5N6O11. The molecule has 22 heteroatoms. The molecule has 0 spiro atoms. The molecule has 0 saturated heterocycles. The molecule has 0 bridgehead atoms. The molecule has 65 heavy (non-hydrogen) atoms. The van der Waals surface area contributed by atoms with Crippen molar-refractivity contribution in [1.82, 2.24) is 24.7 Å². The number of amides is 4. The summed E-state index contributed by atoms with van der Waals surface area (Å²) in [6, 6.07) is 10.5. The number of nitrogens with two attached hydrogens (primary N) is 1. The number of benzene rings is 2. The second-order valence-electron chi connectivity index (χ2n) is 15.4. The molecule has 0 saturated carbocycles. The number of hydrogen-bond donors (Lipinski definition) is 4. The van der Waals surface area contributed by atoms with Gasteiger partial charge in [0.15, 0.2) is 5.78 Å². The van der Waals surface area contributed by atoms with Gasteiger partial charge in [0.2, 0.25) is 11.8 Å². The summed E-state index contributed by atoms with van der Waals surface area (Å²) in [6.45, 7) is 6.16. The van der Waals surface area contributed by atoms with Gasteiger partial charge in [-0.25, -0.2) is 18.6 Å². The number of imide groups is 1. The molecule has 3 aromatic rings. The molecule has 356 valence electrons. The molecule has 4 rings (SSSR count). The number of aliphatic hydroxyl groups excluding tert-OH is 1. The fourth-order valence-corrected chi connectivity index (χ4v) is 6.21. The Bertz CT molecular complexity index is 2090. The van der Waals surface area contributed by atoms with E-state index in [0.29, 0.717) is 5.82 Å². The van der Waals surface area contributed by atoms with Gasteiger partial charge in [-0.3, -0.25) is 28.9 Å². The van der Waals surface area contributed by atoms with E-state index in [0.717, 1.165) is 28.7 Å². The average molecular weight is 925 g/mol. The van der Waals surface area contributed by atoms with E-state index in [-0.39, 0.29) is 108 Å². The van der Waals surface area contributed by atoms with E-state index in [9.17, 15) is 51.0 Å². The smallest absolute Gasteiger partial charge is 0.475 e. The van der Waals surface area contributed by atoms with Crippen LogP contribution >= 0.6 is 0 Å². The first-order chi connectivity index (χ1) is 30.6. The zero-order chi connectivity index (χ0) is 48.3. The molecule has 2 atom stereocenters. The fraction of sp³-hybridized carbons (Fsp3) is 0.465. The Kier molecular flexibility index (Phi) is 21.0. The topological polar surface area (TPSA) is 233 Å². The monoisotopic (exact) mass is 924 g/mol. The number of Topliss-reactive ketones (excluding diaryl/α,β-unsaturated/α-hetero) is 1. The first-order valence-electron chi connectivity index (χ1n) is 20.2. The predicted molar refractivity (Wildman–Crippen MR) is 221 cm³/mol. The maximum absolute atomic E-state index is 15.0. The van der Waals surface area contributed by atoms with E-state index in [1.54, 1.807) is 10.8 Å². The average Bonchev–Trinajstić information content (AvgIpc) is 3.80. The van der Waals surface area contributed by atoms with Crippen LogP contribution in [0.2, 0.25) is 0 Å². The third kappa shape index (κ3) is 17.5. The molecular weight excluding hydrogens is 871 g/mol. The summed E-state index contributed by atoms with van der Waals surface area (Å²) in [4.78, 5) is 77.9. The van der Waals surface area contributed by atoms with Crippen LogP contribution in [0.4, 0.5) is 22.0 Å². The number of ether oxygens (including phenoxy) is 3. The number of carbonyl (C=O) groups is 6. The summed E-state index contributed by atoms with van der Waals surface area (Å²) in [5.74, 6) is -6.02. The molecule has 0 radical (unpaired) electrons. The van der Waals surface area contributed by atoms with Crippen LogP contribution < -0.4 is 11.1 Å². The Hall–Kier alpha value is -5.94. The lowest BCUT2D eigenvalue weighted by Gasteiger charge is -2.40. The number of aliphatic carboxylic acids is 1. The van der Waals surface area contributed by atoms with Crippen LogP contribution in [0.25, 0.3) is 11.3 Å². The number of alkyl halides is 3. The Morgan fingerprint density at radius 2 is 1.48 bits per heavy atom. The summed E-state index contributed by atoms with van der Waals surface area (Å²) in [7, 11) is 0. The van der Waals surface area contributed by atoms with Crippen molar-refractivity contribution in [2.24, 2.45) is 11.1 Å². The highest BCUT2D eigenvalue weighted by Crippen LogP contribution is 2.39. The van der Waals surface area contributed by atoms with Gasteiger partial charge in [-0.2, -0.15) is 13.2 Å². The van der Waals surface area contributed by atoms with Gasteiger partial charge in [0.25, 0.3) is 11.8 Å². The number of carbonyl (C=O) groups excluding carboxylic acids is 5. The number of carboxylic acid groups (broad SMARTS) is 1. The molecule has 1 aromatic heterocycles. The summed E-state index contributed by atoms with van der Waals surface area (Å²) >= 11 is 0. The van der Waals surface area contributed by atoms with Gasteiger partial charge in [-0.05, 0) is 35.6 Å². The maximum atomic E-state index is 15.0. The predicted octanol–water partition coefficient (Wildman–Crippen LogP) is 3.19. The van der Waals surface area contributed by atoms with E-state index < -0.39 is 59.7 Å². The number of halogens is 5. The van der Waals surface area contributed by atoms with Crippen molar-refractivity contribution in [3.05, 3.63) is 89.9 Å². The van der Waals surface area contributed by atoms with Crippen LogP contribution in [0.3, 0.4) is 0 Å². The first kappa shape index (κ1) is 53.4. The quantitative estimate of drug-likeness (QED) is 0.0575. The van der Waals surface area contributed by atoms with E-state index in [2.05, 4.69) is 5.32 Å². The van der Waals surface area contributed by atoms with Crippen LogP contribution in [0.1, 0.15) is 51.0 Å². The van der Waals surface area contributed by atoms with Crippen LogP contribution in [0.15, 0.2) is 66.9 Å². The van der Waals surface area contributed by atoms with Gasteiger partial charge in [-0.1, -0.05) is 51.1 Å². The highest BCUT2D eigenvalue weighted by Gasteiger charge is 2.39. The SMILES string of the molecule is CC(C)(C)[C@H](c1nc(-c2cc(F)ccc2F)cn1Cc1ccccc1)N(CC[C@H](N)C(=O)NCC(=O)CCOCCOCCOCCN1C(=O)C=CC1=O)C(=O)CO.O=C(O)C(F)(F)F. The summed E-state index contributed by atoms with van der Waals surface area (Å²) < 4.78 is 79.0. The minimum atomic E-state index is -5.08. The van der Waals surface area contributed by atoms with E-state index in [4.69, 9.17) is 34.8 Å². The van der Waals surface area contributed by atoms with Crippen molar-refractivity contribution in [3.63, 3.8) is 0 Å². The van der Waals surface area contributed by atoms with Crippen molar-refractivity contribution in [1.29, 1.82) is 0 Å². The Morgan fingerprint density at radius 3 is 2.05 bits per heavy atom. The van der Waals surface area contributed by atoms with Gasteiger partial charge in [-0.15, -0.1) is 0 Å². The first-order valence-corrected chi connectivity index (χ1v) is 20.2. The van der Waals surface area contributed by atoms with Gasteiger partial charge in [0, 0.05) is 43.4 Å². The number of carboxylic acids is 1. The lowest BCUT2D eigenvalue weighted by Crippen LogP contribution is -2.48. The third-order valence-corrected chi connectivity index (χ3v) is 9.39. The third-order valence-electron chi connectivity index (χ3n) is 9.39. The second-order valence-corrected chi connectivity index (χ2v) is 15.4. The largest absolute Gasteiger partial charge is 0.490 e. The molecule has 4 amide bonds. The minimum absolute atomic E-state index is 0.0323. The highest BCUT2D eigenvalue weighted by atomic mass is 19.4. The molecule has 0 fully saturated rings. The summed E-state index contributed by atoms with van der Waals surface area (Å²) in [6.07, 6.45) is -1.07. The molecule has 2 heterocycles. The summed E-state index contributed by atoms with van der Waals surface area (Å²) in [5, 5.41) is 19.7. The standard InChI is InChI=1S/C41H52F2N6O9.C2HF3O2/c1-41(2,3)38(39-46-34(31-23-29(42)9-10-32(31)43)26-47(39)25-28-7-5-4-6-8-28)49(37(54)27-50)15-13-33(44)40(55)45-24-30(51)14-17-56-19-21-58-22-20-57-18-16-48-35(52)11-12-36(48)53;3-2(4,5)1(6)7/h4-12,23,26,33,38,50H,13-22,24-25,27,44H2,1-3H3,(H,45,55);(H,6,7)/t33-,38-;/m0./s1. The fourth-order valence-electron chi connectivity index (χ4n) is 6.21. The van der Waals surface area contributed by atoms with Gasteiger partial charge >= 0.3 is 12.1 Å². The molecule has 1 aliphatic heterocycles. The number of aliphatic hydroxyl groups is 1. The molecule has 5 N–H and O–H groups in total. The van der Waals surface area contributed by atoms with Crippen LogP contribution in [0.5, 0.6) is 0 Å². The van der Waals surface area contributed by atoms with Crippen LogP contribution in [0, 0.1) is 17.0 Å². The van der Waals surface area contributed by atoms with Crippen molar-refractivity contribution >= 4 is 35.4 Å². The molecule has 0 unspecified atom stereocenters. The van der Waals surface area contributed by atoms with Gasteiger partial charge < -0.3 is 44.9 Å².